The van der Waals surface area contributed by atoms with Gasteiger partial charge in [-0.3, -0.25) is 4.79 Å². The van der Waals surface area contributed by atoms with Crippen LogP contribution in [0, 0.1) is 24.5 Å². The Hall–Kier alpha value is -2.44. The number of halogens is 2. The van der Waals surface area contributed by atoms with Crippen LogP contribution in [0.25, 0.3) is 0 Å². The van der Waals surface area contributed by atoms with Crippen molar-refractivity contribution < 1.29 is 22.8 Å². The maximum atomic E-state index is 13.7. The quantitative estimate of drug-likeness (QED) is 0.866. The van der Waals surface area contributed by atoms with Crippen molar-refractivity contribution in [2.75, 3.05) is 0 Å². The zero-order valence-corrected chi connectivity index (χ0v) is 14.9. The van der Waals surface area contributed by atoms with E-state index in [0.717, 1.165) is 31.4 Å². The van der Waals surface area contributed by atoms with Crippen LogP contribution < -0.4 is 10.1 Å². The summed E-state index contributed by atoms with van der Waals surface area (Å²) in [5, 5.41) is 6.85. The predicted molar refractivity (Wildman–Crippen MR) is 90.8 cm³/mol. The molecule has 1 aliphatic rings. The number of rotatable bonds is 5. The SMILES string of the molecule is Cc1onc(C(=O)NC2CCCCC2C)c1COc1ccc(F)cc1F. The average Bonchev–Trinajstić information content (AvgIpc) is 2.97. The number of nitrogens with zero attached hydrogens (tertiary/aromatic N) is 1. The van der Waals surface area contributed by atoms with Crippen LogP contribution in [-0.4, -0.2) is 17.1 Å². The summed E-state index contributed by atoms with van der Waals surface area (Å²) in [6.07, 6.45) is 4.30. The molecular formula is C19H22F2N2O3. The van der Waals surface area contributed by atoms with E-state index in [9.17, 15) is 13.6 Å². The van der Waals surface area contributed by atoms with Crippen LogP contribution >= 0.6 is 0 Å². The van der Waals surface area contributed by atoms with Crippen molar-refractivity contribution in [3.63, 3.8) is 0 Å². The number of hydrogen-bond donors (Lipinski definition) is 1. The van der Waals surface area contributed by atoms with E-state index >= 15 is 0 Å². The van der Waals surface area contributed by atoms with E-state index in [0.29, 0.717) is 17.2 Å². The van der Waals surface area contributed by atoms with Gasteiger partial charge in [-0.05, 0) is 37.8 Å². The Kier molecular flexibility index (Phi) is 5.54. The van der Waals surface area contributed by atoms with Gasteiger partial charge in [-0.2, -0.15) is 0 Å². The minimum atomic E-state index is -0.805. The number of nitrogens with one attached hydrogen (secondary N) is 1. The van der Waals surface area contributed by atoms with Gasteiger partial charge in [-0.1, -0.05) is 24.9 Å². The number of amides is 1. The molecule has 26 heavy (non-hydrogen) atoms. The van der Waals surface area contributed by atoms with E-state index in [-0.39, 0.29) is 30.0 Å². The molecule has 1 aromatic heterocycles. The monoisotopic (exact) mass is 364 g/mol. The Morgan fingerprint density at radius 1 is 1.35 bits per heavy atom. The maximum absolute atomic E-state index is 13.7. The Morgan fingerprint density at radius 3 is 2.85 bits per heavy atom. The van der Waals surface area contributed by atoms with Crippen molar-refractivity contribution in [3.8, 4) is 5.75 Å². The molecular weight excluding hydrogens is 342 g/mol. The molecule has 2 atom stereocenters. The van der Waals surface area contributed by atoms with Crippen LogP contribution in [0.1, 0.15) is 54.4 Å². The molecule has 2 unspecified atom stereocenters. The lowest BCUT2D eigenvalue weighted by Crippen LogP contribution is -2.41. The summed E-state index contributed by atoms with van der Waals surface area (Å²) >= 11 is 0. The zero-order valence-electron chi connectivity index (χ0n) is 14.9. The summed E-state index contributed by atoms with van der Waals surface area (Å²) in [4.78, 5) is 12.6. The second kappa shape index (κ2) is 7.85. The van der Waals surface area contributed by atoms with Crippen LogP contribution in [-0.2, 0) is 6.61 Å². The molecule has 1 saturated carbocycles. The Balaban J connectivity index is 1.70. The molecule has 7 heteroatoms. The number of carbonyl (C=O) groups excluding carboxylic acids is 1. The van der Waals surface area contributed by atoms with Gasteiger partial charge in [-0.25, -0.2) is 8.78 Å². The molecule has 5 nitrogen and oxygen atoms in total. The highest BCUT2D eigenvalue weighted by atomic mass is 19.1. The molecule has 0 spiro atoms. The summed E-state index contributed by atoms with van der Waals surface area (Å²) in [5.74, 6) is -1.07. The van der Waals surface area contributed by atoms with Gasteiger partial charge < -0.3 is 14.6 Å². The largest absolute Gasteiger partial charge is 0.486 e. The zero-order chi connectivity index (χ0) is 18.7. The van der Waals surface area contributed by atoms with Crippen molar-refractivity contribution in [2.45, 2.75) is 52.2 Å². The van der Waals surface area contributed by atoms with Gasteiger partial charge in [0.2, 0.25) is 0 Å². The highest BCUT2D eigenvalue weighted by Gasteiger charge is 2.27. The van der Waals surface area contributed by atoms with Crippen molar-refractivity contribution in [3.05, 3.63) is 46.9 Å². The van der Waals surface area contributed by atoms with E-state index in [4.69, 9.17) is 9.26 Å². The van der Waals surface area contributed by atoms with Gasteiger partial charge in [0.15, 0.2) is 17.3 Å². The summed E-state index contributed by atoms with van der Waals surface area (Å²) in [5.41, 5.74) is 0.595. The third-order valence-electron chi connectivity index (χ3n) is 4.89. The second-order valence-corrected chi connectivity index (χ2v) is 6.77. The first-order chi connectivity index (χ1) is 12.5. The second-order valence-electron chi connectivity index (χ2n) is 6.77. The Morgan fingerprint density at radius 2 is 2.12 bits per heavy atom. The lowest BCUT2D eigenvalue weighted by atomic mass is 9.86. The number of hydrogen-bond acceptors (Lipinski definition) is 4. The van der Waals surface area contributed by atoms with E-state index < -0.39 is 11.6 Å². The molecule has 1 heterocycles. The van der Waals surface area contributed by atoms with E-state index in [1.165, 1.54) is 12.5 Å². The van der Waals surface area contributed by atoms with Crippen molar-refractivity contribution >= 4 is 5.91 Å². The third-order valence-corrected chi connectivity index (χ3v) is 4.89. The van der Waals surface area contributed by atoms with Crippen LogP contribution in [0.4, 0.5) is 8.78 Å². The fourth-order valence-corrected chi connectivity index (χ4v) is 3.25. The molecule has 0 bridgehead atoms. The lowest BCUT2D eigenvalue weighted by Gasteiger charge is -2.29. The first-order valence-electron chi connectivity index (χ1n) is 8.79. The van der Waals surface area contributed by atoms with E-state index in [1.807, 2.05) is 0 Å². The maximum Gasteiger partial charge on any atom is 0.274 e. The number of benzene rings is 1. The summed E-state index contributed by atoms with van der Waals surface area (Å²) < 4.78 is 37.2. The molecule has 140 valence electrons. The molecule has 1 N–H and O–H groups in total. The topological polar surface area (TPSA) is 64.4 Å². The van der Waals surface area contributed by atoms with Crippen molar-refractivity contribution in [1.82, 2.24) is 10.5 Å². The van der Waals surface area contributed by atoms with Gasteiger partial charge in [0.25, 0.3) is 5.91 Å². The lowest BCUT2D eigenvalue weighted by molar-refractivity contribution is 0.0899. The Labute approximate surface area is 150 Å². The molecule has 1 aliphatic carbocycles. The van der Waals surface area contributed by atoms with Crippen LogP contribution in [0.3, 0.4) is 0 Å². The highest BCUT2D eigenvalue weighted by molar-refractivity contribution is 5.94. The molecule has 0 aliphatic heterocycles. The smallest absolute Gasteiger partial charge is 0.274 e. The molecule has 0 radical (unpaired) electrons. The fourth-order valence-electron chi connectivity index (χ4n) is 3.25. The van der Waals surface area contributed by atoms with Gasteiger partial charge in [0, 0.05) is 12.1 Å². The van der Waals surface area contributed by atoms with Crippen LogP contribution in [0.15, 0.2) is 22.7 Å². The highest BCUT2D eigenvalue weighted by Crippen LogP contribution is 2.25. The number of ether oxygens (including phenoxy) is 1. The van der Waals surface area contributed by atoms with E-state index in [1.54, 1.807) is 6.92 Å². The molecule has 2 aromatic rings. The normalized spacial score (nSPS) is 20.0. The first-order valence-corrected chi connectivity index (χ1v) is 8.79. The molecule has 3 rings (SSSR count). The third kappa shape index (κ3) is 4.03. The first kappa shape index (κ1) is 18.4. The summed E-state index contributed by atoms with van der Waals surface area (Å²) in [7, 11) is 0. The van der Waals surface area contributed by atoms with Crippen LogP contribution in [0.2, 0.25) is 0 Å². The number of aromatic nitrogens is 1. The fraction of sp³-hybridized carbons (Fsp3) is 0.474. The van der Waals surface area contributed by atoms with Gasteiger partial charge >= 0.3 is 0 Å². The van der Waals surface area contributed by atoms with Crippen molar-refractivity contribution in [1.29, 1.82) is 0 Å². The molecule has 1 fully saturated rings. The summed E-state index contributed by atoms with van der Waals surface area (Å²) in [6.45, 7) is 3.69. The van der Waals surface area contributed by atoms with E-state index in [2.05, 4.69) is 17.4 Å². The van der Waals surface area contributed by atoms with Gasteiger partial charge in [-0.15, -0.1) is 0 Å². The molecule has 0 saturated heterocycles. The Bertz CT molecular complexity index is 791. The number of aryl methyl sites for hydroxylation is 1. The molecule has 1 amide bonds. The molecule has 1 aromatic carbocycles. The van der Waals surface area contributed by atoms with Crippen molar-refractivity contribution in [2.24, 2.45) is 5.92 Å². The number of carbonyl (C=O) groups is 1. The minimum absolute atomic E-state index is 0.0964. The van der Waals surface area contributed by atoms with Gasteiger partial charge in [0.1, 0.15) is 18.2 Å². The predicted octanol–water partition coefficient (Wildman–Crippen LogP) is 4.15. The standard InChI is InChI=1S/C19H22F2N2O3/c1-11-5-3-4-6-16(11)22-19(24)18-14(12(2)26-23-18)10-25-17-8-7-13(20)9-15(17)21/h7-9,11,16H,3-6,10H2,1-2H3,(H,22,24). The van der Waals surface area contributed by atoms with Gasteiger partial charge in [0.05, 0.1) is 5.56 Å². The minimum Gasteiger partial charge on any atom is -0.486 e. The average molecular weight is 364 g/mol. The summed E-state index contributed by atoms with van der Waals surface area (Å²) in [6, 6.07) is 3.17. The van der Waals surface area contributed by atoms with Crippen LogP contribution in [0.5, 0.6) is 5.75 Å².